The van der Waals surface area contributed by atoms with Crippen molar-refractivity contribution < 1.29 is 9.32 Å². The molecule has 1 N–H and O–H groups in total. The number of amides is 1. The first-order valence-electron chi connectivity index (χ1n) is 9.71. The fourth-order valence-electron chi connectivity index (χ4n) is 4.21. The Morgan fingerprint density at radius 1 is 1.21 bits per heavy atom. The van der Waals surface area contributed by atoms with Gasteiger partial charge in [-0.25, -0.2) is 4.98 Å². The number of rotatable bonds is 3. The van der Waals surface area contributed by atoms with E-state index in [1.165, 1.54) is 0 Å². The van der Waals surface area contributed by atoms with Gasteiger partial charge in [-0.15, -0.1) is 0 Å². The van der Waals surface area contributed by atoms with Crippen molar-refractivity contribution in [3.8, 4) is 11.5 Å². The summed E-state index contributed by atoms with van der Waals surface area (Å²) in [7, 11) is 0. The first kappa shape index (κ1) is 17.0. The molecule has 5 heterocycles. The van der Waals surface area contributed by atoms with Crippen LogP contribution in [0.2, 0.25) is 0 Å². The number of aromatic nitrogens is 4. The molecule has 0 aromatic carbocycles. The molecule has 0 saturated carbocycles. The molecule has 144 valence electrons. The maximum atomic E-state index is 13.3. The van der Waals surface area contributed by atoms with E-state index in [4.69, 9.17) is 4.52 Å². The first-order chi connectivity index (χ1) is 13.8. The average Bonchev–Trinajstić information content (AvgIpc) is 3.43. The Morgan fingerprint density at radius 3 is 3.00 bits per heavy atom. The summed E-state index contributed by atoms with van der Waals surface area (Å²) < 4.78 is 5.27. The molecule has 0 bridgehead atoms. The van der Waals surface area contributed by atoms with Crippen molar-refractivity contribution in [2.45, 2.75) is 25.8 Å². The largest absolute Gasteiger partial charge is 0.356 e. The minimum Gasteiger partial charge on any atom is -0.356 e. The molecule has 8 heteroatoms. The van der Waals surface area contributed by atoms with Gasteiger partial charge >= 0.3 is 0 Å². The number of aromatic amines is 1. The first-order valence-corrected chi connectivity index (χ1v) is 9.71. The molecule has 0 aliphatic carbocycles. The van der Waals surface area contributed by atoms with E-state index in [1.807, 2.05) is 23.1 Å². The van der Waals surface area contributed by atoms with E-state index in [1.54, 1.807) is 18.5 Å². The summed E-state index contributed by atoms with van der Waals surface area (Å²) >= 11 is 0. The highest BCUT2D eigenvalue weighted by molar-refractivity contribution is 5.80. The highest BCUT2D eigenvalue weighted by Crippen LogP contribution is 2.30. The summed E-state index contributed by atoms with van der Waals surface area (Å²) in [6.07, 6.45) is 6.11. The van der Waals surface area contributed by atoms with Crippen LogP contribution < -0.4 is 4.90 Å². The zero-order valence-electron chi connectivity index (χ0n) is 15.5. The van der Waals surface area contributed by atoms with E-state index in [-0.39, 0.29) is 11.8 Å². The predicted molar refractivity (Wildman–Crippen MR) is 102 cm³/mol. The lowest BCUT2D eigenvalue weighted by Gasteiger charge is -2.36. The highest BCUT2D eigenvalue weighted by Gasteiger charge is 2.33. The Bertz CT molecular complexity index is 953. The van der Waals surface area contributed by atoms with E-state index in [9.17, 15) is 4.79 Å². The number of nitrogens with one attached hydrogen (secondary N) is 1. The number of H-pyrrole nitrogens is 1. The summed E-state index contributed by atoms with van der Waals surface area (Å²) in [4.78, 5) is 21.9. The van der Waals surface area contributed by atoms with E-state index >= 15 is 0 Å². The van der Waals surface area contributed by atoms with Crippen molar-refractivity contribution in [1.29, 1.82) is 0 Å². The van der Waals surface area contributed by atoms with Gasteiger partial charge in [0.25, 0.3) is 0 Å². The number of carbonyl (C=O) groups is 1. The summed E-state index contributed by atoms with van der Waals surface area (Å²) in [5.74, 6) is 1.79. The molecule has 3 aromatic rings. The molecule has 1 fully saturated rings. The van der Waals surface area contributed by atoms with Gasteiger partial charge in [-0.1, -0.05) is 11.2 Å². The van der Waals surface area contributed by atoms with E-state index < -0.39 is 0 Å². The standard InChI is InChI=1S/C20H22N6O2/c27-20(14-4-3-10-25(12-14)18-5-1-2-8-21-18)26-11-7-16-15(13-26)19(24-23-16)17-6-9-22-28-17/h1-2,5-6,8-9,14H,3-4,7,10-13H2,(H,23,24). The van der Waals surface area contributed by atoms with Gasteiger partial charge in [0, 0.05) is 56.1 Å². The second kappa shape index (κ2) is 7.10. The van der Waals surface area contributed by atoms with Crippen LogP contribution in [-0.4, -0.2) is 50.8 Å². The number of piperidine rings is 1. The molecule has 0 radical (unpaired) electrons. The van der Waals surface area contributed by atoms with Crippen molar-refractivity contribution in [2.75, 3.05) is 24.5 Å². The molecule has 0 spiro atoms. The Hall–Kier alpha value is -3.16. The Kier molecular flexibility index (Phi) is 4.31. The van der Waals surface area contributed by atoms with Crippen LogP contribution >= 0.6 is 0 Å². The minimum absolute atomic E-state index is 0.00191. The van der Waals surface area contributed by atoms with Crippen LogP contribution in [0, 0.1) is 5.92 Å². The minimum atomic E-state index is -0.00191. The van der Waals surface area contributed by atoms with Gasteiger partial charge in [0.15, 0.2) is 5.76 Å². The van der Waals surface area contributed by atoms with Crippen molar-refractivity contribution in [3.63, 3.8) is 0 Å². The zero-order chi connectivity index (χ0) is 18.9. The molecule has 1 amide bonds. The molecule has 2 aliphatic heterocycles. The Balaban J connectivity index is 1.32. The summed E-state index contributed by atoms with van der Waals surface area (Å²) in [6.45, 7) is 2.94. The van der Waals surface area contributed by atoms with Gasteiger partial charge in [0.05, 0.1) is 12.1 Å². The lowest BCUT2D eigenvalue weighted by Crippen LogP contribution is -2.46. The molecule has 1 atom stereocenters. The van der Waals surface area contributed by atoms with Gasteiger partial charge in [-0.05, 0) is 25.0 Å². The average molecular weight is 378 g/mol. The van der Waals surface area contributed by atoms with Gasteiger partial charge in [0.1, 0.15) is 11.5 Å². The smallest absolute Gasteiger partial charge is 0.227 e. The predicted octanol–water partition coefficient (Wildman–Crippen LogP) is 2.26. The van der Waals surface area contributed by atoms with Crippen LogP contribution in [0.3, 0.4) is 0 Å². The quantitative estimate of drug-likeness (QED) is 0.752. The van der Waals surface area contributed by atoms with Crippen molar-refractivity contribution in [2.24, 2.45) is 5.92 Å². The Morgan fingerprint density at radius 2 is 2.18 bits per heavy atom. The normalized spacial score (nSPS) is 19.5. The second-order valence-electron chi connectivity index (χ2n) is 7.39. The second-order valence-corrected chi connectivity index (χ2v) is 7.39. The third kappa shape index (κ3) is 3.04. The molecule has 1 unspecified atom stereocenters. The van der Waals surface area contributed by atoms with Gasteiger partial charge in [-0.2, -0.15) is 5.10 Å². The number of hydrogen-bond acceptors (Lipinski definition) is 6. The number of nitrogens with zero attached hydrogens (tertiary/aromatic N) is 5. The summed E-state index contributed by atoms with van der Waals surface area (Å²) in [5, 5.41) is 11.2. The van der Waals surface area contributed by atoms with Gasteiger partial charge < -0.3 is 14.3 Å². The van der Waals surface area contributed by atoms with Crippen molar-refractivity contribution >= 4 is 11.7 Å². The number of hydrogen-bond donors (Lipinski definition) is 1. The molecule has 3 aromatic heterocycles. The zero-order valence-corrected chi connectivity index (χ0v) is 15.5. The lowest BCUT2D eigenvalue weighted by atomic mass is 9.94. The van der Waals surface area contributed by atoms with Crippen LogP contribution in [0.25, 0.3) is 11.5 Å². The van der Waals surface area contributed by atoms with Crippen molar-refractivity contribution in [3.05, 3.63) is 47.9 Å². The topological polar surface area (TPSA) is 91.2 Å². The summed E-state index contributed by atoms with van der Waals surface area (Å²) in [5.41, 5.74) is 2.87. The fourth-order valence-corrected chi connectivity index (χ4v) is 4.21. The molecule has 1 saturated heterocycles. The molecular weight excluding hydrogens is 356 g/mol. The molecule has 5 rings (SSSR count). The SMILES string of the molecule is O=C(C1CCCN(c2ccccn2)C1)N1CCc2[nH]nc(-c3ccno3)c2C1. The molecule has 2 aliphatic rings. The van der Waals surface area contributed by atoms with Gasteiger partial charge in [-0.3, -0.25) is 9.89 Å². The third-order valence-electron chi connectivity index (χ3n) is 5.66. The number of carbonyl (C=O) groups excluding carboxylic acids is 1. The molecular formula is C20H22N6O2. The van der Waals surface area contributed by atoms with Crippen LogP contribution in [0.5, 0.6) is 0 Å². The number of pyridine rings is 1. The maximum Gasteiger partial charge on any atom is 0.227 e. The monoisotopic (exact) mass is 378 g/mol. The van der Waals surface area contributed by atoms with Gasteiger partial charge in [0.2, 0.25) is 5.91 Å². The maximum absolute atomic E-state index is 13.3. The Labute approximate surface area is 162 Å². The van der Waals surface area contributed by atoms with Crippen LogP contribution in [-0.2, 0) is 17.8 Å². The van der Waals surface area contributed by atoms with Crippen molar-refractivity contribution in [1.82, 2.24) is 25.2 Å². The van der Waals surface area contributed by atoms with Crippen LogP contribution in [0.15, 0.2) is 41.2 Å². The van der Waals surface area contributed by atoms with E-state index in [0.717, 1.165) is 55.1 Å². The van der Waals surface area contributed by atoms with E-state index in [0.29, 0.717) is 18.8 Å². The highest BCUT2D eigenvalue weighted by atomic mass is 16.5. The number of anilines is 1. The van der Waals surface area contributed by atoms with Crippen LogP contribution in [0.4, 0.5) is 5.82 Å². The lowest BCUT2D eigenvalue weighted by molar-refractivity contribution is -0.136. The fraction of sp³-hybridized carbons (Fsp3) is 0.400. The van der Waals surface area contributed by atoms with E-state index in [2.05, 4.69) is 25.2 Å². The summed E-state index contributed by atoms with van der Waals surface area (Å²) in [6, 6.07) is 7.71. The third-order valence-corrected chi connectivity index (χ3v) is 5.66. The molecule has 8 nitrogen and oxygen atoms in total. The van der Waals surface area contributed by atoms with Crippen LogP contribution in [0.1, 0.15) is 24.1 Å². The molecule has 28 heavy (non-hydrogen) atoms. The number of fused-ring (bicyclic) bond motifs is 1.